The number of aromatic nitrogens is 2. The lowest BCUT2D eigenvalue weighted by Crippen LogP contribution is -2.12. The number of aliphatic hydroxyl groups excluding tert-OH is 1. The standard InChI is InChI=1S/C12H15N3O3/c1-17-10-5-3-2-4-8(10)11-14-12(18-15-11)9(13)6-7-16/h2-5,9,16H,6-7,13H2,1H3. The van der Waals surface area contributed by atoms with Crippen molar-refractivity contribution >= 4 is 0 Å². The summed E-state index contributed by atoms with van der Waals surface area (Å²) in [7, 11) is 1.58. The van der Waals surface area contributed by atoms with Gasteiger partial charge < -0.3 is 20.1 Å². The largest absolute Gasteiger partial charge is 0.496 e. The fourth-order valence-corrected chi connectivity index (χ4v) is 1.59. The zero-order valence-electron chi connectivity index (χ0n) is 10.0. The highest BCUT2D eigenvalue weighted by Gasteiger charge is 2.17. The molecule has 18 heavy (non-hydrogen) atoms. The highest BCUT2D eigenvalue weighted by molar-refractivity contribution is 5.63. The predicted octanol–water partition coefficient (Wildman–Crippen LogP) is 1.13. The Morgan fingerprint density at radius 3 is 2.94 bits per heavy atom. The molecule has 0 aliphatic carbocycles. The first-order chi connectivity index (χ1) is 8.76. The van der Waals surface area contributed by atoms with Crippen molar-refractivity contribution in [3.8, 4) is 17.1 Å². The van der Waals surface area contributed by atoms with Gasteiger partial charge >= 0.3 is 0 Å². The summed E-state index contributed by atoms with van der Waals surface area (Å²) < 4.78 is 10.3. The van der Waals surface area contributed by atoms with E-state index in [1.807, 2.05) is 24.3 Å². The summed E-state index contributed by atoms with van der Waals surface area (Å²) >= 11 is 0. The highest BCUT2D eigenvalue weighted by Crippen LogP contribution is 2.27. The smallest absolute Gasteiger partial charge is 0.243 e. The SMILES string of the molecule is COc1ccccc1-c1noc(C(N)CCO)n1. The second-order valence-corrected chi connectivity index (χ2v) is 3.78. The first kappa shape index (κ1) is 12.5. The average Bonchev–Trinajstić information content (AvgIpc) is 2.88. The number of methoxy groups -OCH3 is 1. The Labute approximate surface area is 104 Å². The van der Waals surface area contributed by atoms with E-state index in [1.54, 1.807) is 7.11 Å². The number of hydrogen-bond acceptors (Lipinski definition) is 6. The molecule has 0 saturated heterocycles. The second kappa shape index (κ2) is 5.61. The second-order valence-electron chi connectivity index (χ2n) is 3.78. The van der Waals surface area contributed by atoms with E-state index in [4.69, 9.17) is 20.1 Å². The van der Waals surface area contributed by atoms with Crippen LogP contribution in [0.1, 0.15) is 18.4 Å². The molecule has 0 aliphatic heterocycles. The lowest BCUT2D eigenvalue weighted by atomic mass is 10.2. The molecule has 1 unspecified atom stereocenters. The van der Waals surface area contributed by atoms with Gasteiger partial charge in [0.25, 0.3) is 0 Å². The number of rotatable bonds is 5. The van der Waals surface area contributed by atoms with Crippen LogP contribution in [0.2, 0.25) is 0 Å². The molecule has 1 aromatic carbocycles. The molecule has 6 heteroatoms. The van der Waals surface area contributed by atoms with Crippen LogP contribution < -0.4 is 10.5 Å². The van der Waals surface area contributed by atoms with Crippen molar-refractivity contribution in [3.05, 3.63) is 30.2 Å². The Morgan fingerprint density at radius 1 is 1.44 bits per heavy atom. The van der Waals surface area contributed by atoms with Crippen molar-refractivity contribution < 1.29 is 14.4 Å². The zero-order valence-corrected chi connectivity index (χ0v) is 10.0. The third kappa shape index (κ3) is 2.49. The van der Waals surface area contributed by atoms with Crippen LogP contribution in [0, 0.1) is 0 Å². The summed E-state index contributed by atoms with van der Waals surface area (Å²) in [5.41, 5.74) is 6.52. The summed E-state index contributed by atoms with van der Waals surface area (Å²) in [6, 6.07) is 6.93. The Hall–Kier alpha value is -1.92. The van der Waals surface area contributed by atoms with Gasteiger partial charge in [0.15, 0.2) is 0 Å². The summed E-state index contributed by atoms with van der Waals surface area (Å²) in [5.74, 6) is 1.40. The fourth-order valence-electron chi connectivity index (χ4n) is 1.59. The minimum Gasteiger partial charge on any atom is -0.496 e. The van der Waals surface area contributed by atoms with E-state index in [0.717, 1.165) is 5.56 Å². The van der Waals surface area contributed by atoms with E-state index < -0.39 is 6.04 Å². The van der Waals surface area contributed by atoms with Crippen LogP contribution in [0.4, 0.5) is 0 Å². The maximum absolute atomic E-state index is 8.81. The van der Waals surface area contributed by atoms with Gasteiger partial charge in [-0.15, -0.1) is 0 Å². The van der Waals surface area contributed by atoms with Crippen LogP contribution in [-0.2, 0) is 0 Å². The zero-order chi connectivity index (χ0) is 13.0. The molecule has 6 nitrogen and oxygen atoms in total. The van der Waals surface area contributed by atoms with Gasteiger partial charge in [-0.2, -0.15) is 4.98 Å². The molecule has 3 N–H and O–H groups in total. The van der Waals surface area contributed by atoms with Crippen LogP contribution in [0.15, 0.2) is 28.8 Å². The van der Waals surface area contributed by atoms with E-state index in [9.17, 15) is 0 Å². The Morgan fingerprint density at radius 2 is 2.22 bits per heavy atom. The van der Waals surface area contributed by atoms with Crippen molar-refractivity contribution in [3.63, 3.8) is 0 Å². The molecule has 0 spiro atoms. The van der Waals surface area contributed by atoms with Gasteiger partial charge in [0.05, 0.1) is 18.7 Å². The quantitative estimate of drug-likeness (QED) is 0.824. The molecule has 0 radical (unpaired) electrons. The van der Waals surface area contributed by atoms with Crippen LogP contribution in [0.5, 0.6) is 5.75 Å². The lowest BCUT2D eigenvalue weighted by Gasteiger charge is -2.03. The molecule has 2 rings (SSSR count). The van der Waals surface area contributed by atoms with E-state index in [2.05, 4.69) is 10.1 Å². The normalized spacial score (nSPS) is 12.4. The van der Waals surface area contributed by atoms with Crippen molar-refractivity contribution in [1.82, 2.24) is 10.1 Å². The van der Waals surface area contributed by atoms with Gasteiger partial charge in [-0.25, -0.2) is 0 Å². The Balaban J connectivity index is 2.29. The van der Waals surface area contributed by atoms with Crippen molar-refractivity contribution in [2.45, 2.75) is 12.5 Å². The maximum Gasteiger partial charge on any atom is 0.243 e. The molecule has 0 amide bonds. The number of aliphatic hydroxyl groups is 1. The van der Waals surface area contributed by atoms with Gasteiger partial charge in [0, 0.05) is 6.61 Å². The number of hydrogen-bond donors (Lipinski definition) is 2. The third-order valence-corrected chi connectivity index (χ3v) is 2.55. The van der Waals surface area contributed by atoms with Gasteiger partial charge in [-0.1, -0.05) is 17.3 Å². The van der Waals surface area contributed by atoms with Crippen LogP contribution >= 0.6 is 0 Å². The van der Waals surface area contributed by atoms with E-state index >= 15 is 0 Å². The maximum atomic E-state index is 8.81. The summed E-state index contributed by atoms with van der Waals surface area (Å²) in [5, 5.41) is 12.7. The average molecular weight is 249 g/mol. The number of nitrogens with zero attached hydrogens (tertiary/aromatic N) is 2. The fraction of sp³-hybridized carbons (Fsp3) is 0.333. The Bertz CT molecular complexity index is 513. The summed E-state index contributed by atoms with van der Waals surface area (Å²) in [4.78, 5) is 4.21. The van der Waals surface area contributed by atoms with E-state index in [0.29, 0.717) is 23.9 Å². The first-order valence-electron chi connectivity index (χ1n) is 5.59. The lowest BCUT2D eigenvalue weighted by molar-refractivity contribution is 0.259. The minimum absolute atomic E-state index is 0.0203. The minimum atomic E-state index is -0.453. The van der Waals surface area contributed by atoms with Crippen molar-refractivity contribution in [1.29, 1.82) is 0 Å². The topological polar surface area (TPSA) is 94.4 Å². The van der Waals surface area contributed by atoms with Crippen LogP contribution in [-0.4, -0.2) is 29.0 Å². The van der Waals surface area contributed by atoms with E-state index in [-0.39, 0.29) is 6.61 Å². The predicted molar refractivity (Wildman–Crippen MR) is 64.9 cm³/mol. The van der Waals surface area contributed by atoms with Gasteiger partial charge in [0.1, 0.15) is 5.75 Å². The van der Waals surface area contributed by atoms with Gasteiger partial charge in [-0.05, 0) is 18.6 Å². The molecule has 0 bridgehead atoms. The third-order valence-electron chi connectivity index (χ3n) is 2.55. The molecule has 2 aromatic rings. The van der Waals surface area contributed by atoms with Crippen LogP contribution in [0.3, 0.4) is 0 Å². The monoisotopic (exact) mass is 249 g/mol. The van der Waals surface area contributed by atoms with E-state index in [1.165, 1.54) is 0 Å². The molecular formula is C12H15N3O3. The molecular weight excluding hydrogens is 234 g/mol. The molecule has 0 fully saturated rings. The molecule has 96 valence electrons. The number of para-hydroxylation sites is 1. The summed E-state index contributed by atoms with van der Waals surface area (Å²) in [6.45, 7) is -0.0203. The first-order valence-corrected chi connectivity index (χ1v) is 5.59. The van der Waals surface area contributed by atoms with Crippen molar-refractivity contribution in [2.24, 2.45) is 5.73 Å². The van der Waals surface area contributed by atoms with Gasteiger partial charge in [-0.3, -0.25) is 0 Å². The molecule has 0 aliphatic rings. The van der Waals surface area contributed by atoms with Gasteiger partial charge in [0.2, 0.25) is 11.7 Å². The number of nitrogens with two attached hydrogens (primary N) is 1. The number of ether oxygens (including phenoxy) is 1. The molecule has 1 atom stereocenters. The molecule has 1 heterocycles. The Kier molecular flexibility index (Phi) is 3.91. The van der Waals surface area contributed by atoms with Crippen LogP contribution in [0.25, 0.3) is 11.4 Å². The van der Waals surface area contributed by atoms with Crippen molar-refractivity contribution in [2.75, 3.05) is 13.7 Å². The highest BCUT2D eigenvalue weighted by atomic mass is 16.5. The molecule has 0 saturated carbocycles. The molecule has 1 aromatic heterocycles. The number of benzene rings is 1. The summed E-state index contributed by atoms with van der Waals surface area (Å²) in [6.07, 6.45) is 0.382.